The lowest BCUT2D eigenvalue weighted by atomic mass is 9.91. The van der Waals surface area contributed by atoms with Gasteiger partial charge in [0.05, 0.1) is 47.8 Å². The van der Waals surface area contributed by atoms with Gasteiger partial charge in [0.25, 0.3) is 0 Å². The van der Waals surface area contributed by atoms with Gasteiger partial charge in [-0.1, -0.05) is 12.1 Å². The number of aromatic nitrogens is 5. The quantitative estimate of drug-likeness (QED) is 0.397. The number of ether oxygens (including phenoxy) is 1. The molecular weight excluding hydrogens is 463 g/mol. The van der Waals surface area contributed by atoms with E-state index in [1.54, 1.807) is 24.5 Å². The molecule has 0 spiro atoms. The zero-order valence-corrected chi connectivity index (χ0v) is 20.1. The third kappa shape index (κ3) is 4.73. The summed E-state index contributed by atoms with van der Waals surface area (Å²) in [6.45, 7) is 2.07. The Hall–Kier alpha value is -4.38. The third-order valence-electron chi connectivity index (χ3n) is 5.82. The lowest BCUT2D eigenvalue weighted by Crippen LogP contribution is -2.32. The number of nitrogens with two attached hydrogens (primary N) is 1. The van der Waals surface area contributed by atoms with Gasteiger partial charge >= 0.3 is 0 Å². The van der Waals surface area contributed by atoms with E-state index in [2.05, 4.69) is 25.4 Å². The van der Waals surface area contributed by atoms with E-state index in [1.165, 1.54) is 19.2 Å². The first-order valence-electron chi connectivity index (χ1n) is 11.3. The van der Waals surface area contributed by atoms with E-state index in [0.717, 1.165) is 22.5 Å². The smallest absolute Gasteiger partial charge is 0.220 e. The first kappa shape index (κ1) is 23.4. The minimum Gasteiger partial charge on any atom is -0.481 e. The molecule has 4 heterocycles. The van der Waals surface area contributed by atoms with Gasteiger partial charge < -0.3 is 15.0 Å². The normalized spacial score (nSPS) is 14.8. The van der Waals surface area contributed by atoms with E-state index in [9.17, 15) is 4.39 Å². The van der Waals surface area contributed by atoms with Crippen LogP contribution in [0.4, 0.5) is 10.3 Å². The zero-order valence-electron chi connectivity index (χ0n) is 20.1. The third-order valence-corrected chi connectivity index (χ3v) is 5.82. The predicted molar refractivity (Wildman–Crippen MR) is 131 cm³/mol. The van der Waals surface area contributed by atoms with Gasteiger partial charge in [0.2, 0.25) is 11.8 Å². The average Bonchev–Trinajstić information content (AvgIpc) is 3.28. The lowest BCUT2D eigenvalue weighted by molar-refractivity contribution is 0.0688. The number of nitrogens with zero attached hydrogens (tertiary/aromatic N) is 6. The second kappa shape index (κ2) is 9.70. The van der Waals surface area contributed by atoms with Crippen molar-refractivity contribution in [1.29, 1.82) is 0 Å². The van der Waals surface area contributed by atoms with Crippen LogP contribution in [0.15, 0.2) is 53.9 Å². The number of aryl methyl sites for hydroxylation is 2. The molecule has 1 aliphatic heterocycles. The number of hydrogen-bond donors (Lipinski definition) is 2. The Morgan fingerprint density at radius 3 is 2.83 bits per heavy atom. The van der Waals surface area contributed by atoms with E-state index >= 15 is 0 Å². The van der Waals surface area contributed by atoms with E-state index in [4.69, 9.17) is 20.3 Å². The number of benzene rings is 1. The Labute approximate surface area is 207 Å². The number of hydrogen-bond acceptors (Lipinski definition) is 9. The van der Waals surface area contributed by atoms with Crippen molar-refractivity contribution < 1.29 is 14.0 Å². The molecule has 4 aromatic rings. The molecule has 11 heteroatoms. The molecule has 0 amide bonds. The fourth-order valence-electron chi connectivity index (χ4n) is 4.26. The van der Waals surface area contributed by atoms with Crippen LogP contribution in [0, 0.1) is 12.7 Å². The van der Waals surface area contributed by atoms with E-state index in [0.29, 0.717) is 35.1 Å². The zero-order chi connectivity index (χ0) is 25.2. The maximum absolute atomic E-state index is 14.4. The highest BCUT2D eigenvalue weighted by atomic mass is 19.1. The Balaban J connectivity index is 1.54. The fourth-order valence-corrected chi connectivity index (χ4v) is 4.26. The van der Waals surface area contributed by atoms with Crippen LogP contribution in [0.25, 0.3) is 11.3 Å². The molecule has 0 aliphatic carbocycles. The number of hydroxylamine groups is 1. The molecule has 1 aliphatic rings. The number of aliphatic imine (C=N–C) groups is 1. The number of nitrogen functional groups attached to an aromatic ring is 1. The van der Waals surface area contributed by atoms with Gasteiger partial charge in [-0.2, -0.15) is 0 Å². The van der Waals surface area contributed by atoms with Crippen LogP contribution in [-0.2, 0) is 24.9 Å². The van der Waals surface area contributed by atoms with Gasteiger partial charge in [-0.25, -0.2) is 29.8 Å². The van der Waals surface area contributed by atoms with Crippen LogP contribution in [0.5, 0.6) is 5.88 Å². The van der Waals surface area contributed by atoms with Gasteiger partial charge in [-0.3, -0.25) is 9.83 Å². The molecule has 184 valence electrons. The number of rotatable bonds is 6. The van der Waals surface area contributed by atoms with E-state index < -0.39 is 6.04 Å². The summed E-state index contributed by atoms with van der Waals surface area (Å²) in [5.74, 6) is 0.692. The highest BCUT2D eigenvalue weighted by Crippen LogP contribution is 2.36. The van der Waals surface area contributed by atoms with Crippen LogP contribution in [-0.4, -0.2) is 37.4 Å². The molecular formula is C25H25FN8O2. The highest BCUT2D eigenvalue weighted by Gasteiger charge is 2.28. The molecule has 0 fully saturated rings. The first-order valence-corrected chi connectivity index (χ1v) is 11.3. The summed E-state index contributed by atoms with van der Waals surface area (Å²) < 4.78 is 21.5. The number of anilines is 1. The van der Waals surface area contributed by atoms with Crippen molar-refractivity contribution in [3.8, 4) is 17.1 Å². The molecule has 10 nitrogen and oxygen atoms in total. The second-order valence-electron chi connectivity index (χ2n) is 8.40. The van der Waals surface area contributed by atoms with Gasteiger partial charge in [-0.15, -0.1) is 0 Å². The SMILES string of the molecule is COc1cccc(-c2cc(F)ccc2[C@H]2Cc3nc(N)nc(C)c3C(NOCc3cn(C)cn3)=N2)n1. The molecule has 1 aromatic carbocycles. The van der Waals surface area contributed by atoms with Crippen molar-refractivity contribution in [2.24, 2.45) is 12.0 Å². The monoisotopic (exact) mass is 488 g/mol. The molecule has 5 rings (SSSR count). The minimum absolute atomic E-state index is 0.175. The summed E-state index contributed by atoms with van der Waals surface area (Å²) in [6, 6.07) is 9.53. The number of nitrogens with one attached hydrogen (secondary N) is 1. The van der Waals surface area contributed by atoms with E-state index in [-0.39, 0.29) is 18.4 Å². The second-order valence-corrected chi connectivity index (χ2v) is 8.40. The number of halogens is 1. The molecule has 0 bridgehead atoms. The molecule has 36 heavy (non-hydrogen) atoms. The lowest BCUT2D eigenvalue weighted by Gasteiger charge is -2.26. The number of fused-ring (bicyclic) bond motifs is 1. The Bertz CT molecular complexity index is 1450. The van der Waals surface area contributed by atoms with Crippen LogP contribution in [0.1, 0.15) is 34.3 Å². The number of imidazole rings is 1. The summed E-state index contributed by atoms with van der Waals surface area (Å²) >= 11 is 0. The molecule has 0 saturated heterocycles. The van der Waals surface area contributed by atoms with Crippen LogP contribution in [0.3, 0.4) is 0 Å². The standard InChI is InChI=1S/C25H25FN8O2/c1-14-23-21(32-25(27)29-14)10-20(31-24(23)33-36-12-16-11-34(2)13-28-16)17-8-7-15(26)9-18(17)19-5-4-6-22(30-19)35-3/h4-9,11,13,20H,10,12H2,1-3H3,(H,31,33)(H2,27,29,32)/t20-/m1/s1. The Morgan fingerprint density at radius 2 is 2.06 bits per heavy atom. The van der Waals surface area contributed by atoms with Crippen LogP contribution < -0.4 is 16.0 Å². The number of amidine groups is 1. The first-order chi connectivity index (χ1) is 17.4. The van der Waals surface area contributed by atoms with Crippen LogP contribution in [0.2, 0.25) is 0 Å². The molecule has 3 aromatic heterocycles. The minimum atomic E-state index is -0.407. The Kier molecular flexibility index (Phi) is 6.30. The van der Waals surface area contributed by atoms with Gasteiger partial charge in [0.15, 0.2) is 5.84 Å². The van der Waals surface area contributed by atoms with Crippen molar-refractivity contribution in [3.05, 3.63) is 82.9 Å². The van der Waals surface area contributed by atoms with Crippen molar-refractivity contribution >= 4 is 11.8 Å². The number of pyridine rings is 1. The fraction of sp³-hybridized carbons (Fsp3) is 0.240. The van der Waals surface area contributed by atoms with E-state index in [1.807, 2.05) is 30.8 Å². The maximum Gasteiger partial charge on any atom is 0.220 e. The summed E-state index contributed by atoms with van der Waals surface area (Å²) in [5.41, 5.74) is 13.8. The molecule has 0 unspecified atom stereocenters. The van der Waals surface area contributed by atoms with Gasteiger partial charge in [0.1, 0.15) is 12.4 Å². The topological polar surface area (TPSA) is 125 Å². The van der Waals surface area contributed by atoms with Crippen molar-refractivity contribution in [2.75, 3.05) is 12.8 Å². The summed E-state index contributed by atoms with van der Waals surface area (Å²) in [4.78, 5) is 28.2. The molecule has 0 saturated carbocycles. The summed E-state index contributed by atoms with van der Waals surface area (Å²) in [7, 11) is 3.43. The average molecular weight is 489 g/mol. The van der Waals surface area contributed by atoms with Gasteiger partial charge in [-0.05, 0) is 30.7 Å². The van der Waals surface area contributed by atoms with Crippen molar-refractivity contribution in [3.63, 3.8) is 0 Å². The largest absolute Gasteiger partial charge is 0.481 e. The highest BCUT2D eigenvalue weighted by molar-refractivity contribution is 6.01. The number of methoxy groups -OCH3 is 1. The predicted octanol–water partition coefficient (Wildman–Crippen LogP) is 3.08. The maximum atomic E-state index is 14.4. The molecule has 3 N–H and O–H groups in total. The van der Waals surface area contributed by atoms with Crippen molar-refractivity contribution in [1.82, 2.24) is 30.0 Å². The Morgan fingerprint density at radius 1 is 1.19 bits per heavy atom. The summed E-state index contributed by atoms with van der Waals surface area (Å²) in [5, 5.41) is 0. The molecule has 0 radical (unpaired) electrons. The van der Waals surface area contributed by atoms with Crippen molar-refractivity contribution in [2.45, 2.75) is 26.0 Å². The van der Waals surface area contributed by atoms with Gasteiger partial charge in [0, 0.05) is 31.3 Å². The van der Waals surface area contributed by atoms with Crippen LogP contribution >= 0.6 is 0 Å². The molecule has 1 atom stereocenters. The summed E-state index contributed by atoms with van der Waals surface area (Å²) in [6.07, 6.45) is 4.00.